The summed E-state index contributed by atoms with van der Waals surface area (Å²) in [5.41, 5.74) is 6.81. The molecular formula is C38H74. The molecule has 0 heterocycles. The van der Waals surface area contributed by atoms with Gasteiger partial charge in [0.1, 0.15) is 0 Å². The van der Waals surface area contributed by atoms with E-state index in [-0.39, 0.29) is 7.43 Å². The minimum absolute atomic E-state index is 0. The maximum absolute atomic E-state index is 2.54. The Bertz CT molecular complexity index is 713. The van der Waals surface area contributed by atoms with Crippen LogP contribution in [-0.4, -0.2) is 0 Å². The van der Waals surface area contributed by atoms with Gasteiger partial charge in [-0.3, -0.25) is 0 Å². The summed E-state index contributed by atoms with van der Waals surface area (Å²) in [5, 5.41) is 0. The van der Waals surface area contributed by atoms with Crippen molar-refractivity contribution >= 4 is 0 Å². The van der Waals surface area contributed by atoms with E-state index in [0.717, 1.165) is 24.2 Å². The van der Waals surface area contributed by atoms with Crippen LogP contribution in [0.2, 0.25) is 0 Å². The van der Waals surface area contributed by atoms with Crippen molar-refractivity contribution in [2.45, 2.75) is 162 Å². The lowest BCUT2D eigenvalue weighted by Gasteiger charge is -2.46. The van der Waals surface area contributed by atoms with E-state index in [1.807, 2.05) is 96.9 Å². The molecule has 0 aromatic heterocycles. The van der Waals surface area contributed by atoms with Crippen LogP contribution in [0.3, 0.4) is 0 Å². The number of benzene rings is 2. The summed E-state index contributed by atoms with van der Waals surface area (Å²) in [6, 6.07) is 18.4. The molecule has 2 aliphatic carbocycles. The molecule has 0 nitrogen and oxygen atoms in total. The average molecular weight is 531 g/mol. The van der Waals surface area contributed by atoms with E-state index in [1.54, 1.807) is 22.3 Å². The molecule has 0 heteroatoms. The SMILES string of the molecule is C.CC.CC.CC.CC.CC.CC.CC.CCc1ccccc1C1C[C@H]2Cc3ccccc3[C@]2(C)[C@@H](C)C1. The summed E-state index contributed by atoms with van der Waals surface area (Å²) >= 11 is 0. The number of aryl methyl sites for hydroxylation is 1. The molecule has 2 aliphatic rings. The van der Waals surface area contributed by atoms with Gasteiger partial charge in [0.2, 0.25) is 0 Å². The van der Waals surface area contributed by atoms with Crippen molar-refractivity contribution in [2.24, 2.45) is 11.8 Å². The van der Waals surface area contributed by atoms with Crippen LogP contribution < -0.4 is 0 Å². The van der Waals surface area contributed by atoms with Crippen LogP contribution in [0.1, 0.15) is 166 Å². The summed E-state index contributed by atoms with van der Waals surface area (Å²) in [7, 11) is 0. The van der Waals surface area contributed by atoms with Gasteiger partial charge in [-0.2, -0.15) is 0 Å². The highest BCUT2D eigenvalue weighted by Crippen LogP contribution is 2.57. The molecule has 2 aromatic carbocycles. The molecule has 0 aliphatic heterocycles. The van der Waals surface area contributed by atoms with Crippen LogP contribution in [0.15, 0.2) is 48.5 Å². The third-order valence-electron chi connectivity index (χ3n) is 7.02. The van der Waals surface area contributed by atoms with E-state index in [2.05, 4.69) is 69.3 Å². The minimum atomic E-state index is 0. The summed E-state index contributed by atoms with van der Waals surface area (Å²) in [6.07, 6.45) is 5.12. The second kappa shape index (κ2) is 30.0. The smallest absolute Gasteiger partial charge is 0.00151 e. The van der Waals surface area contributed by atoms with Gasteiger partial charge in [-0.1, -0.05) is 174 Å². The van der Waals surface area contributed by atoms with Gasteiger partial charge in [-0.15, -0.1) is 0 Å². The quantitative estimate of drug-likeness (QED) is 0.362. The minimum Gasteiger partial charge on any atom is -0.0776 e. The highest BCUT2D eigenvalue weighted by molar-refractivity contribution is 5.43. The fourth-order valence-corrected chi connectivity index (χ4v) is 5.54. The Labute approximate surface area is 244 Å². The Morgan fingerprint density at radius 2 is 1.11 bits per heavy atom. The maximum atomic E-state index is 2.54. The highest BCUT2D eigenvalue weighted by Gasteiger charge is 2.50. The predicted molar refractivity (Wildman–Crippen MR) is 184 cm³/mol. The second-order valence-electron chi connectivity index (χ2n) is 7.96. The molecule has 0 saturated heterocycles. The molecule has 2 aromatic rings. The van der Waals surface area contributed by atoms with Gasteiger partial charge in [-0.05, 0) is 71.1 Å². The molecule has 1 saturated carbocycles. The monoisotopic (exact) mass is 531 g/mol. The Morgan fingerprint density at radius 3 is 1.61 bits per heavy atom. The van der Waals surface area contributed by atoms with E-state index in [0.29, 0.717) is 5.41 Å². The molecule has 0 bridgehead atoms. The Morgan fingerprint density at radius 1 is 0.658 bits per heavy atom. The van der Waals surface area contributed by atoms with Crippen molar-refractivity contribution in [1.29, 1.82) is 0 Å². The Balaban J connectivity index is -0.000000212. The molecule has 226 valence electrons. The Kier molecular flexibility index (Phi) is 36.5. The van der Waals surface area contributed by atoms with E-state index >= 15 is 0 Å². The van der Waals surface area contributed by atoms with Crippen molar-refractivity contribution < 1.29 is 0 Å². The van der Waals surface area contributed by atoms with Crippen molar-refractivity contribution in [2.75, 3.05) is 0 Å². The van der Waals surface area contributed by atoms with Crippen molar-refractivity contribution in [1.82, 2.24) is 0 Å². The maximum Gasteiger partial charge on any atom is -0.00151 e. The first-order valence-electron chi connectivity index (χ1n) is 16.3. The number of hydrogen-bond donors (Lipinski definition) is 0. The second-order valence-corrected chi connectivity index (χ2v) is 7.96. The lowest BCUT2D eigenvalue weighted by atomic mass is 9.58. The molecule has 4 rings (SSSR count). The number of rotatable bonds is 2. The molecule has 0 N–H and O–H groups in total. The van der Waals surface area contributed by atoms with Crippen LogP contribution in [0.5, 0.6) is 0 Å². The van der Waals surface area contributed by atoms with Gasteiger partial charge in [0.25, 0.3) is 0 Å². The van der Waals surface area contributed by atoms with Crippen LogP contribution in [0, 0.1) is 11.8 Å². The summed E-state index contributed by atoms with van der Waals surface area (Å²) in [6.45, 7) is 35.3. The summed E-state index contributed by atoms with van der Waals surface area (Å²) in [4.78, 5) is 0. The summed E-state index contributed by atoms with van der Waals surface area (Å²) in [5.74, 6) is 2.30. The van der Waals surface area contributed by atoms with Crippen LogP contribution in [-0.2, 0) is 18.3 Å². The van der Waals surface area contributed by atoms with Gasteiger partial charge >= 0.3 is 0 Å². The van der Waals surface area contributed by atoms with Gasteiger partial charge in [0, 0.05) is 0 Å². The Hall–Kier alpha value is -1.56. The molecule has 1 fully saturated rings. The molecule has 0 spiro atoms. The third kappa shape index (κ3) is 12.1. The molecule has 4 atom stereocenters. The zero-order chi connectivity index (χ0) is 30.0. The third-order valence-corrected chi connectivity index (χ3v) is 7.02. The van der Waals surface area contributed by atoms with Crippen molar-refractivity contribution in [3.8, 4) is 0 Å². The summed E-state index contributed by atoms with van der Waals surface area (Å²) < 4.78 is 0. The van der Waals surface area contributed by atoms with Gasteiger partial charge in [0.05, 0.1) is 0 Å². The number of fused-ring (bicyclic) bond motifs is 3. The van der Waals surface area contributed by atoms with E-state index in [9.17, 15) is 0 Å². The van der Waals surface area contributed by atoms with Crippen molar-refractivity contribution in [3.05, 3.63) is 70.8 Å². The molecule has 0 radical (unpaired) electrons. The zero-order valence-electron chi connectivity index (χ0n) is 28.7. The van der Waals surface area contributed by atoms with Gasteiger partial charge in [-0.25, -0.2) is 0 Å². The topological polar surface area (TPSA) is 0 Å². The normalized spacial score (nSPS) is 20.7. The largest absolute Gasteiger partial charge is 0.0776 e. The molecule has 1 unspecified atom stereocenters. The number of hydrogen-bond acceptors (Lipinski definition) is 0. The molecular weight excluding hydrogens is 456 g/mol. The zero-order valence-corrected chi connectivity index (χ0v) is 28.7. The molecule has 0 amide bonds. The first-order chi connectivity index (χ1) is 18.1. The average Bonchev–Trinajstić information content (AvgIpc) is 3.33. The van der Waals surface area contributed by atoms with Gasteiger partial charge in [0.15, 0.2) is 0 Å². The van der Waals surface area contributed by atoms with E-state index in [4.69, 9.17) is 0 Å². The highest BCUT2D eigenvalue weighted by atomic mass is 14.5. The lowest BCUT2D eigenvalue weighted by Crippen LogP contribution is -2.41. The fraction of sp³-hybridized carbons (Fsp3) is 0.684. The molecule has 38 heavy (non-hydrogen) atoms. The van der Waals surface area contributed by atoms with E-state index < -0.39 is 0 Å². The lowest BCUT2D eigenvalue weighted by molar-refractivity contribution is 0.133. The first kappa shape index (κ1) is 46.3. The first-order valence-corrected chi connectivity index (χ1v) is 16.3. The standard InChI is InChI=1S/C23H28.7C2H6.CH4/c1-4-17-9-5-7-11-21(17)19-13-16(2)23(3)20(15-19)14-18-10-6-8-12-22(18)23;7*1-2;/h5-12,16,19-20H,4,13-15H2,1-3H3;7*1-2H3;1H4/t16-,19?,20+,23+;;;;;;;;/m0......../s1. The van der Waals surface area contributed by atoms with E-state index in [1.165, 1.54) is 19.3 Å². The van der Waals surface area contributed by atoms with Crippen molar-refractivity contribution in [3.63, 3.8) is 0 Å². The van der Waals surface area contributed by atoms with Crippen LogP contribution >= 0.6 is 0 Å². The van der Waals surface area contributed by atoms with Gasteiger partial charge < -0.3 is 0 Å². The predicted octanol–water partition coefficient (Wildman–Crippen LogP) is 13.7. The fourth-order valence-electron chi connectivity index (χ4n) is 5.54. The van der Waals surface area contributed by atoms with Crippen LogP contribution in [0.4, 0.5) is 0 Å². The van der Waals surface area contributed by atoms with Crippen LogP contribution in [0.25, 0.3) is 0 Å².